The van der Waals surface area contributed by atoms with Crippen LogP contribution in [0.1, 0.15) is 13.3 Å². The van der Waals surface area contributed by atoms with E-state index in [1.807, 2.05) is 6.92 Å². The Balaban J connectivity index is 4.18. The minimum atomic E-state index is -0.373. The first-order valence-electron chi connectivity index (χ1n) is 3.13. The highest BCUT2D eigenvalue weighted by atomic mass is 16.1. The number of hydrogen-bond donors (Lipinski definition) is 1. The van der Waals surface area contributed by atoms with Crippen molar-refractivity contribution >= 4 is 12.1 Å². The second kappa shape index (κ2) is 4.73. The van der Waals surface area contributed by atoms with E-state index in [1.54, 1.807) is 19.3 Å². The zero-order chi connectivity index (χ0) is 7.98. The lowest BCUT2D eigenvalue weighted by Crippen LogP contribution is -2.13. The summed E-state index contributed by atoms with van der Waals surface area (Å²) >= 11 is 0. The molecule has 0 heterocycles. The molecule has 0 aliphatic heterocycles. The molecule has 0 radical (unpaired) electrons. The molecule has 0 spiro atoms. The zero-order valence-electron chi connectivity index (χ0n) is 6.29. The molecule has 0 aliphatic carbocycles. The number of hydrogen-bond acceptors (Lipinski definition) is 2. The van der Waals surface area contributed by atoms with Crippen molar-refractivity contribution in [2.45, 2.75) is 13.3 Å². The molecule has 0 aliphatic rings. The van der Waals surface area contributed by atoms with Gasteiger partial charge in [-0.3, -0.25) is 9.79 Å². The fraction of sp³-hybridized carbons (Fsp3) is 0.429. The summed E-state index contributed by atoms with van der Waals surface area (Å²) < 4.78 is 0. The van der Waals surface area contributed by atoms with Gasteiger partial charge in [-0.1, -0.05) is 6.92 Å². The van der Waals surface area contributed by atoms with E-state index >= 15 is 0 Å². The molecule has 0 saturated carbocycles. The molecule has 0 aromatic heterocycles. The Bertz CT molecular complexity index is 170. The van der Waals surface area contributed by atoms with E-state index in [0.717, 1.165) is 0 Å². The Morgan fingerprint density at radius 1 is 1.70 bits per heavy atom. The third kappa shape index (κ3) is 3.02. The molecular formula is C7H12N2O. The molecule has 0 fully saturated rings. The highest BCUT2D eigenvalue weighted by Gasteiger charge is 1.97. The third-order valence-corrected chi connectivity index (χ3v) is 1.12. The first-order chi connectivity index (χ1) is 4.72. The highest BCUT2D eigenvalue weighted by molar-refractivity contribution is 5.95. The number of aliphatic imine (C=N–C) groups is 1. The lowest BCUT2D eigenvalue weighted by Gasteiger charge is -1.93. The summed E-state index contributed by atoms with van der Waals surface area (Å²) in [5.74, 6) is -0.373. The topological polar surface area (TPSA) is 55.4 Å². The van der Waals surface area contributed by atoms with Crippen LogP contribution in [-0.4, -0.2) is 19.2 Å². The summed E-state index contributed by atoms with van der Waals surface area (Å²) in [5.41, 5.74) is 5.62. The van der Waals surface area contributed by atoms with Gasteiger partial charge in [0.05, 0.1) is 0 Å². The molecule has 0 rings (SSSR count). The van der Waals surface area contributed by atoms with E-state index in [2.05, 4.69) is 4.99 Å². The van der Waals surface area contributed by atoms with Crippen LogP contribution >= 0.6 is 0 Å². The summed E-state index contributed by atoms with van der Waals surface area (Å²) in [6.07, 6.45) is 3.84. The molecule has 3 heteroatoms. The average molecular weight is 140 g/mol. The van der Waals surface area contributed by atoms with Gasteiger partial charge in [-0.15, -0.1) is 0 Å². The maximum absolute atomic E-state index is 10.5. The minimum absolute atomic E-state index is 0.373. The second-order valence-electron chi connectivity index (χ2n) is 1.82. The standard InChI is InChI=1S/C7H12N2O/c1-3-6(7(8)10)4-5-9-2/h4-5H,3H2,1-2H3,(H2,8,10)/b6-4+,9-5?. The van der Waals surface area contributed by atoms with Crippen LogP contribution in [0.15, 0.2) is 16.6 Å². The summed E-state index contributed by atoms with van der Waals surface area (Å²) in [7, 11) is 1.64. The van der Waals surface area contributed by atoms with E-state index in [0.29, 0.717) is 12.0 Å². The third-order valence-electron chi connectivity index (χ3n) is 1.12. The van der Waals surface area contributed by atoms with Crippen molar-refractivity contribution in [3.8, 4) is 0 Å². The summed E-state index contributed by atoms with van der Waals surface area (Å²) in [5, 5.41) is 0. The summed E-state index contributed by atoms with van der Waals surface area (Å²) in [4.78, 5) is 14.2. The first kappa shape index (κ1) is 8.88. The van der Waals surface area contributed by atoms with Crippen molar-refractivity contribution in [1.82, 2.24) is 0 Å². The Morgan fingerprint density at radius 3 is 2.60 bits per heavy atom. The SMILES string of the molecule is CC/C(=C\C=NC)C(N)=O. The first-order valence-corrected chi connectivity index (χ1v) is 3.13. The lowest BCUT2D eigenvalue weighted by atomic mass is 10.2. The number of rotatable bonds is 3. The molecule has 0 aromatic carbocycles. The van der Waals surface area contributed by atoms with Gasteiger partial charge in [0.1, 0.15) is 0 Å². The molecule has 1 amide bonds. The lowest BCUT2D eigenvalue weighted by molar-refractivity contribution is -0.114. The highest BCUT2D eigenvalue weighted by Crippen LogP contribution is 1.96. The Hall–Kier alpha value is -1.12. The van der Waals surface area contributed by atoms with Crippen molar-refractivity contribution in [1.29, 1.82) is 0 Å². The van der Waals surface area contributed by atoms with Gasteiger partial charge in [-0.2, -0.15) is 0 Å². The number of carbonyl (C=O) groups is 1. The van der Waals surface area contributed by atoms with Crippen molar-refractivity contribution < 1.29 is 4.79 Å². The Labute approximate surface area is 60.6 Å². The predicted molar refractivity (Wildman–Crippen MR) is 42.0 cm³/mol. The van der Waals surface area contributed by atoms with Crippen LogP contribution in [0.5, 0.6) is 0 Å². The van der Waals surface area contributed by atoms with Gasteiger partial charge in [-0.05, 0) is 12.5 Å². The van der Waals surface area contributed by atoms with Gasteiger partial charge >= 0.3 is 0 Å². The summed E-state index contributed by atoms with van der Waals surface area (Å²) in [6.45, 7) is 1.88. The van der Waals surface area contributed by atoms with Gasteiger partial charge in [-0.25, -0.2) is 0 Å². The number of carbonyl (C=O) groups excluding carboxylic acids is 1. The van der Waals surface area contributed by atoms with Gasteiger partial charge in [0.15, 0.2) is 0 Å². The largest absolute Gasteiger partial charge is 0.366 e. The van der Waals surface area contributed by atoms with Gasteiger partial charge < -0.3 is 5.73 Å². The maximum atomic E-state index is 10.5. The minimum Gasteiger partial charge on any atom is -0.366 e. The number of primary amides is 1. The monoisotopic (exact) mass is 140 g/mol. The molecule has 3 nitrogen and oxygen atoms in total. The van der Waals surface area contributed by atoms with E-state index in [-0.39, 0.29) is 5.91 Å². The molecule has 0 bridgehead atoms. The van der Waals surface area contributed by atoms with Crippen LogP contribution in [0, 0.1) is 0 Å². The van der Waals surface area contributed by atoms with Gasteiger partial charge in [0, 0.05) is 18.8 Å². The van der Waals surface area contributed by atoms with Crippen LogP contribution in [0.25, 0.3) is 0 Å². The van der Waals surface area contributed by atoms with Crippen LogP contribution in [0.2, 0.25) is 0 Å². The van der Waals surface area contributed by atoms with Crippen molar-refractivity contribution in [2.75, 3.05) is 7.05 Å². The number of nitrogens with two attached hydrogens (primary N) is 1. The molecule has 0 atom stereocenters. The number of amides is 1. The van der Waals surface area contributed by atoms with Crippen LogP contribution in [-0.2, 0) is 4.79 Å². The van der Waals surface area contributed by atoms with Crippen LogP contribution in [0.4, 0.5) is 0 Å². The molecule has 56 valence electrons. The zero-order valence-corrected chi connectivity index (χ0v) is 6.29. The van der Waals surface area contributed by atoms with E-state index < -0.39 is 0 Å². The van der Waals surface area contributed by atoms with Crippen molar-refractivity contribution in [3.63, 3.8) is 0 Å². The molecule has 10 heavy (non-hydrogen) atoms. The van der Waals surface area contributed by atoms with Crippen molar-refractivity contribution in [3.05, 3.63) is 11.6 Å². The van der Waals surface area contributed by atoms with Gasteiger partial charge in [0.2, 0.25) is 5.91 Å². The fourth-order valence-electron chi connectivity index (χ4n) is 0.539. The quantitative estimate of drug-likeness (QED) is 0.450. The van der Waals surface area contributed by atoms with E-state index in [9.17, 15) is 4.79 Å². The Morgan fingerprint density at radius 2 is 2.30 bits per heavy atom. The fourth-order valence-corrected chi connectivity index (χ4v) is 0.539. The predicted octanol–water partition coefficient (Wildman–Crippen LogP) is 0.509. The number of nitrogens with zero attached hydrogens (tertiary/aromatic N) is 1. The smallest absolute Gasteiger partial charge is 0.244 e. The molecule has 0 saturated heterocycles. The molecule has 2 N–H and O–H groups in total. The molecule has 0 unspecified atom stereocenters. The summed E-state index contributed by atoms with van der Waals surface area (Å²) in [6, 6.07) is 0. The average Bonchev–Trinajstić information content (AvgIpc) is 1.89. The maximum Gasteiger partial charge on any atom is 0.244 e. The van der Waals surface area contributed by atoms with Crippen molar-refractivity contribution in [2.24, 2.45) is 10.7 Å². The molecular weight excluding hydrogens is 128 g/mol. The molecule has 0 aromatic rings. The second-order valence-corrected chi connectivity index (χ2v) is 1.82. The normalized spacial score (nSPS) is 12.4. The van der Waals surface area contributed by atoms with Crippen LogP contribution < -0.4 is 5.73 Å². The van der Waals surface area contributed by atoms with Crippen LogP contribution in [0.3, 0.4) is 0 Å². The van der Waals surface area contributed by atoms with Gasteiger partial charge in [0.25, 0.3) is 0 Å². The van der Waals surface area contributed by atoms with E-state index in [1.165, 1.54) is 0 Å². The van der Waals surface area contributed by atoms with E-state index in [4.69, 9.17) is 5.73 Å². The number of allylic oxidation sites excluding steroid dienone is 1. The Kier molecular flexibility index (Phi) is 4.20.